The summed E-state index contributed by atoms with van der Waals surface area (Å²) in [6.07, 6.45) is 0.729. The molecule has 20 heavy (non-hydrogen) atoms. The van der Waals surface area contributed by atoms with Crippen molar-refractivity contribution in [2.45, 2.75) is 20.3 Å². The van der Waals surface area contributed by atoms with Gasteiger partial charge in [0.15, 0.2) is 5.84 Å². The number of nitrogens with zero attached hydrogens (tertiary/aromatic N) is 3. The van der Waals surface area contributed by atoms with Crippen molar-refractivity contribution in [3.63, 3.8) is 0 Å². The number of rotatable bonds is 5. The van der Waals surface area contributed by atoms with Crippen LogP contribution in [0.15, 0.2) is 34.4 Å². The molecule has 1 aromatic rings. The second kappa shape index (κ2) is 7.69. The van der Waals surface area contributed by atoms with E-state index >= 15 is 0 Å². The smallest absolute Gasteiger partial charge is 0.204 e. The van der Waals surface area contributed by atoms with Crippen molar-refractivity contribution < 1.29 is 4.74 Å². The van der Waals surface area contributed by atoms with Crippen LogP contribution in [0.5, 0.6) is 5.75 Å². The summed E-state index contributed by atoms with van der Waals surface area (Å²) in [5.74, 6) is 0.587. The first-order valence-corrected chi connectivity index (χ1v) is 6.11. The molecule has 0 radical (unpaired) electrons. The second-order valence-electron chi connectivity index (χ2n) is 3.96. The normalized spacial score (nSPS) is 11.7. The Morgan fingerprint density at radius 2 is 2.05 bits per heavy atom. The van der Waals surface area contributed by atoms with Crippen LogP contribution < -0.4 is 10.2 Å². The van der Waals surface area contributed by atoms with Crippen LogP contribution in [0.4, 0.5) is 5.69 Å². The zero-order chi connectivity index (χ0) is 15.0. The lowest BCUT2D eigenvalue weighted by atomic mass is 10.3. The number of amidine groups is 1. The van der Waals surface area contributed by atoms with Gasteiger partial charge in [0.25, 0.3) is 0 Å². The van der Waals surface area contributed by atoms with E-state index in [0.717, 1.165) is 17.9 Å². The lowest BCUT2D eigenvalue weighted by Crippen LogP contribution is -2.12. The molecular formula is C14H17N5O. The van der Waals surface area contributed by atoms with Gasteiger partial charge in [0.05, 0.1) is 12.8 Å². The number of nitriles is 1. The standard InChI is InChI=1S/C14H17N5O/c1-4-10(2)17-14(16)13(9-15)19-18-11-5-7-12(20-3)8-6-11/h5-8,16,18H,4H2,1-3H3/b16-14?,17-10?,19-13+. The molecule has 1 aromatic carbocycles. The van der Waals surface area contributed by atoms with Crippen molar-refractivity contribution >= 4 is 22.9 Å². The molecule has 0 amide bonds. The van der Waals surface area contributed by atoms with Crippen LogP contribution in [0.1, 0.15) is 20.3 Å². The topological polar surface area (TPSA) is 93.6 Å². The molecule has 1 rings (SSSR count). The molecule has 0 aliphatic rings. The third-order valence-corrected chi connectivity index (χ3v) is 2.53. The fourth-order valence-electron chi connectivity index (χ4n) is 1.24. The van der Waals surface area contributed by atoms with E-state index in [-0.39, 0.29) is 11.5 Å². The van der Waals surface area contributed by atoms with Crippen molar-refractivity contribution in [2.75, 3.05) is 12.5 Å². The number of anilines is 1. The monoisotopic (exact) mass is 271 g/mol. The number of hydrogen-bond donors (Lipinski definition) is 2. The Labute approximate surface area is 118 Å². The minimum Gasteiger partial charge on any atom is -0.497 e. The summed E-state index contributed by atoms with van der Waals surface area (Å²) in [5.41, 5.74) is 4.13. The van der Waals surface area contributed by atoms with Gasteiger partial charge in [-0.25, -0.2) is 4.99 Å². The van der Waals surface area contributed by atoms with Gasteiger partial charge in [-0.1, -0.05) is 6.92 Å². The van der Waals surface area contributed by atoms with Crippen molar-refractivity contribution in [1.82, 2.24) is 0 Å². The van der Waals surface area contributed by atoms with Crippen LogP contribution in [0.2, 0.25) is 0 Å². The Hall–Kier alpha value is -2.68. The lowest BCUT2D eigenvalue weighted by molar-refractivity contribution is 0.415. The van der Waals surface area contributed by atoms with E-state index < -0.39 is 0 Å². The van der Waals surface area contributed by atoms with Crippen LogP contribution >= 0.6 is 0 Å². The summed E-state index contributed by atoms with van der Waals surface area (Å²) in [4.78, 5) is 3.99. The molecule has 0 bridgehead atoms. The molecule has 0 heterocycles. The number of hydrazone groups is 1. The van der Waals surface area contributed by atoms with Gasteiger partial charge in [0.1, 0.15) is 11.8 Å². The van der Waals surface area contributed by atoms with Crippen molar-refractivity contribution in [1.29, 1.82) is 10.7 Å². The maximum Gasteiger partial charge on any atom is 0.204 e. The van der Waals surface area contributed by atoms with E-state index in [4.69, 9.17) is 15.4 Å². The fourth-order valence-corrected chi connectivity index (χ4v) is 1.24. The molecule has 0 atom stereocenters. The average Bonchev–Trinajstić information content (AvgIpc) is 2.48. The van der Waals surface area contributed by atoms with E-state index in [2.05, 4.69) is 15.5 Å². The van der Waals surface area contributed by atoms with Crippen LogP contribution in [0.25, 0.3) is 0 Å². The third-order valence-electron chi connectivity index (χ3n) is 2.53. The Morgan fingerprint density at radius 1 is 1.40 bits per heavy atom. The summed E-state index contributed by atoms with van der Waals surface area (Å²) in [6, 6.07) is 8.93. The summed E-state index contributed by atoms with van der Waals surface area (Å²) >= 11 is 0. The summed E-state index contributed by atoms with van der Waals surface area (Å²) in [6.45, 7) is 3.74. The predicted octanol–water partition coefficient (Wildman–Crippen LogP) is 2.83. The number of hydrogen-bond acceptors (Lipinski definition) is 5. The highest BCUT2D eigenvalue weighted by molar-refractivity contribution is 6.47. The van der Waals surface area contributed by atoms with E-state index in [1.165, 1.54) is 0 Å². The van der Waals surface area contributed by atoms with Gasteiger partial charge in [0, 0.05) is 5.71 Å². The summed E-state index contributed by atoms with van der Waals surface area (Å²) in [5, 5.41) is 20.6. The highest BCUT2D eigenvalue weighted by Crippen LogP contribution is 2.14. The van der Waals surface area contributed by atoms with E-state index in [9.17, 15) is 0 Å². The molecule has 104 valence electrons. The third kappa shape index (κ3) is 4.53. The highest BCUT2D eigenvalue weighted by Gasteiger charge is 2.05. The molecule has 0 spiro atoms. The molecule has 0 aliphatic carbocycles. The number of aliphatic imine (C=N–C) groups is 1. The molecule has 2 N–H and O–H groups in total. The van der Waals surface area contributed by atoms with Crippen molar-refractivity contribution in [3.8, 4) is 11.8 Å². The highest BCUT2D eigenvalue weighted by atomic mass is 16.5. The van der Waals surface area contributed by atoms with Gasteiger partial charge in [-0.2, -0.15) is 10.4 Å². The lowest BCUT2D eigenvalue weighted by Gasteiger charge is -2.03. The Kier molecular flexibility index (Phi) is 5.91. The predicted molar refractivity (Wildman–Crippen MR) is 80.8 cm³/mol. The fraction of sp³-hybridized carbons (Fsp3) is 0.286. The van der Waals surface area contributed by atoms with Gasteiger partial charge < -0.3 is 4.74 Å². The quantitative estimate of drug-likeness (QED) is 0.490. The molecule has 0 aliphatic heterocycles. The SMILES string of the molecule is CCC(C)=NC(=N)/C(C#N)=N/Nc1ccc(OC)cc1. The molecular weight excluding hydrogens is 254 g/mol. The number of methoxy groups -OCH3 is 1. The second-order valence-corrected chi connectivity index (χ2v) is 3.96. The average molecular weight is 271 g/mol. The van der Waals surface area contributed by atoms with Gasteiger partial charge in [0.2, 0.25) is 5.71 Å². The summed E-state index contributed by atoms with van der Waals surface area (Å²) in [7, 11) is 1.59. The first-order valence-electron chi connectivity index (χ1n) is 6.11. The molecule has 6 heteroatoms. The molecule has 0 unspecified atom stereocenters. The van der Waals surface area contributed by atoms with Crippen molar-refractivity contribution in [2.24, 2.45) is 10.1 Å². The minimum absolute atomic E-state index is 0.0615. The summed E-state index contributed by atoms with van der Waals surface area (Å²) < 4.78 is 5.04. The van der Waals surface area contributed by atoms with E-state index in [0.29, 0.717) is 5.69 Å². The zero-order valence-electron chi connectivity index (χ0n) is 11.8. The molecule has 0 aromatic heterocycles. The van der Waals surface area contributed by atoms with Crippen LogP contribution in [-0.4, -0.2) is 24.4 Å². The molecule has 0 saturated heterocycles. The molecule has 0 saturated carbocycles. The Balaban J connectivity index is 2.80. The number of nitrogens with one attached hydrogen (secondary N) is 2. The Bertz CT molecular complexity index is 566. The molecule has 0 fully saturated rings. The first kappa shape index (κ1) is 15.4. The van der Waals surface area contributed by atoms with Gasteiger partial charge in [-0.05, 0) is 37.6 Å². The zero-order valence-corrected chi connectivity index (χ0v) is 11.8. The van der Waals surface area contributed by atoms with Gasteiger partial charge >= 0.3 is 0 Å². The number of benzene rings is 1. The van der Waals surface area contributed by atoms with E-state index in [1.807, 2.05) is 13.0 Å². The Morgan fingerprint density at radius 3 is 2.55 bits per heavy atom. The van der Waals surface area contributed by atoms with Crippen LogP contribution in [0, 0.1) is 16.7 Å². The van der Waals surface area contributed by atoms with Crippen LogP contribution in [-0.2, 0) is 0 Å². The number of ether oxygens (including phenoxy) is 1. The van der Waals surface area contributed by atoms with Crippen molar-refractivity contribution in [3.05, 3.63) is 24.3 Å². The van der Waals surface area contributed by atoms with Crippen LogP contribution in [0.3, 0.4) is 0 Å². The largest absolute Gasteiger partial charge is 0.497 e. The van der Waals surface area contributed by atoms with Gasteiger partial charge in [-0.3, -0.25) is 10.8 Å². The minimum atomic E-state index is -0.145. The maximum absolute atomic E-state index is 8.99. The molecule has 6 nitrogen and oxygen atoms in total. The first-order chi connectivity index (χ1) is 9.60. The maximum atomic E-state index is 8.99. The van der Waals surface area contributed by atoms with E-state index in [1.54, 1.807) is 38.3 Å². The van der Waals surface area contributed by atoms with Gasteiger partial charge in [-0.15, -0.1) is 0 Å².